The van der Waals surface area contributed by atoms with E-state index >= 15 is 0 Å². The fraction of sp³-hybridized carbons (Fsp3) is 0.222. The smallest absolute Gasteiger partial charge is 0.323 e. The highest BCUT2D eigenvalue weighted by atomic mass is 35.5. The van der Waals surface area contributed by atoms with Gasteiger partial charge in [-0.25, -0.2) is 0 Å². The lowest BCUT2D eigenvalue weighted by Crippen LogP contribution is -2.32. The van der Waals surface area contributed by atoms with Crippen molar-refractivity contribution in [2.75, 3.05) is 7.11 Å². The molecule has 6 nitrogen and oxygen atoms in total. The van der Waals surface area contributed by atoms with E-state index in [1.165, 1.54) is 13.4 Å². The lowest BCUT2D eigenvalue weighted by atomic mass is 9.84. The predicted octanol–water partition coefficient (Wildman–Crippen LogP) is 6.16. The van der Waals surface area contributed by atoms with Crippen molar-refractivity contribution in [1.82, 2.24) is 0 Å². The molecule has 1 aliphatic carbocycles. The molecule has 1 aliphatic heterocycles. The number of hydrogen-bond acceptors (Lipinski definition) is 6. The van der Waals surface area contributed by atoms with Crippen molar-refractivity contribution in [2.45, 2.75) is 31.4 Å². The van der Waals surface area contributed by atoms with Gasteiger partial charge in [0.2, 0.25) is 0 Å². The highest BCUT2D eigenvalue weighted by molar-refractivity contribution is 6.42. The van der Waals surface area contributed by atoms with E-state index in [0.717, 1.165) is 28.9 Å². The van der Waals surface area contributed by atoms with Crippen molar-refractivity contribution >= 4 is 29.2 Å². The number of rotatable bonds is 8. The first kappa shape index (κ1) is 24.9. The minimum atomic E-state index is -0.832. The van der Waals surface area contributed by atoms with Gasteiger partial charge in [-0.3, -0.25) is 4.79 Å². The van der Waals surface area contributed by atoms with Gasteiger partial charge in [-0.15, -0.1) is 0 Å². The van der Waals surface area contributed by atoms with Crippen molar-refractivity contribution in [1.29, 1.82) is 0 Å². The second-order valence-electron chi connectivity index (χ2n) is 8.08. The average molecular weight is 514 g/mol. The first-order chi connectivity index (χ1) is 16.9. The SMILES string of the molecule is COC(=O)[C@@H](N)CC1=COC=C(C2=CC=CC[C@@H]2c2ccc(OCc3ccc(Cl)c(Cl)c3)cc2)O1. The Morgan fingerprint density at radius 3 is 2.69 bits per heavy atom. The molecule has 8 heteroatoms. The molecule has 0 saturated carbocycles. The van der Waals surface area contributed by atoms with Gasteiger partial charge in [-0.2, -0.15) is 0 Å². The topological polar surface area (TPSA) is 80.0 Å². The number of methoxy groups -OCH3 is 1. The van der Waals surface area contributed by atoms with Crippen LogP contribution in [0.25, 0.3) is 0 Å². The van der Waals surface area contributed by atoms with Crippen LogP contribution >= 0.6 is 23.2 Å². The van der Waals surface area contributed by atoms with Gasteiger partial charge in [0.15, 0.2) is 5.76 Å². The number of esters is 1. The number of nitrogens with two attached hydrogens (primary N) is 1. The predicted molar refractivity (Wildman–Crippen MR) is 135 cm³/mol. The molecule has 2 aromatic carbocycles. The summed E-state index contributed by atoms with van der Waals surface area (Å²) in [5.74, 6) is 1.34. The van der Waals surface area contributed by atoms with Crippen LogP contribution in [-0.2, 0) is 25.6 Å². The van der Waals surface area contributed by atoms with Crippen LogP contribution < -0.4 is 10.5 Å². The summed E-state index contributed by atoms with van der Waals surface area (Å²) in [5.41, 5.74) is 8.88. The fourth-order valence-electron chi connectivity index (χ4n) is 3.82. The van der Waals surface area contributed by atoms with Crippen LogP contribution in [0.4, 0.5) is 0 Å². The maximum atomic E-state index is 11.7. The monoisotopic (exact) mass is 513 g/mol. The summed E-state index contributed by atoms with van der Waals surface area (Å²) in [7, 11) is 1.30. The van der Waals surface area contributed by atoms with Crippen LogP contribution in [0.15, 0.2) is 90.3 Å². The third kappa shape index (κ3) is 6.28. The Morgan fingerprint density at radius 1 is 1.14 bits per heavy atom. The van der Waals surface area contributed by atoms with Crippen LogP contribution in [0.3, 0.4) is 0 Å². The minimum absolute atomic E-state index is 0.0626. The average Bonchev–Trinajstić information content (AvgIpc) is 2.89. The number of benzene rings is 2. The van der Waals surface area contributed by atoms with E-state index in [1.807, 2.05) is 42.5 Å². The summed E-state index contributed by atoms with van der Waals surface area (Å²) >= 11 is 12.1. The molecule has 1 heterocycles. The molecular formula is C27H25Cl2NO5. The Bertz CT molecular complexity index is 1200. The zero-order valence-electron chi connectivity index (χ0n) is 19.1. The number of carbonyl (C=O) groups excluding carboxylic acids is 1. The summed E-state index contributed by atoms with van der Waals surface area (Å²) in [4.78, 5) is 11.7. The van der Waals surface area contributed by atoms with Gasteiger partial charge in [0.25, 0.3) is 0 Å². The molecule has 182 valence electrons. The highest BCUT2D eigenvalue weighted by Crippen LogP contribution is 2.38. The van der Waals surface area contributed by atoms with Gasteiger partial charge in [-0.1, -0.05) is 59.6 Å². The lowest BCUT2D eigenvalue weighted by Gasteiger charge is -2.26. The first-order valence-corrected chi connectivity index (χ1v) is 11.8. The Hall–Kier alpha value is -3.19. The molecule has 2 N–H and O–H groups in total. The molecule has 2 aromatic rings. The van der Waals surface area contributed by atoms with E-state index in [2.05, 4.69) is 10.8 Å². The van der Waals surface area contributed by atoms with Crippen molar-refractivity contribution < 1.29 is 23.7 Å². The maximum Gasteiger partial charge on any atom is 0.323 e. The molecule has 0 radical (unpaired) electrons. The quantitative estimate of drug-likeness (QED) is 0.425. The third-order valence-electron chi connectivity index (χ3n) is 5.66. The number of hydrogen-bond donors (Lipinski definition) is 1. The summed E-state index contributed by atoms with van der Waals surface area (Å²) < 4.78 is 22.1. The summed E-state index contributed by atoms with van der Waals surface area (Å²) in [6.45, 7) is 0.383. The van der Waals surface area contributed by atoms with E-state index in [4.69, 9.17) is 43.1 Å². The molecule has 0 unspecified atom stereocenters. The van der Waals surface area contributed by atoms with E-state index in [9.17, 15) is 4.79 Å². The van der Waals surface area contributed by atoms with Crippen molar-refractivity contribution in [3.63, 3.8) is 0 Å². The molecular weight excluding hydrogens is 489 g/mol. The Kier molecular flexibility index (Phi) is 8.18. The van der Waals surface area contributed by atoms with Crippen LogP contribution in [0.1, 0.15) is 29.9 Å². The van der Waals surface area contributed by atoms with Crippen molar-refractivity contribution in [3.8, 4) is 5.75 Å². The maximum absolute atomic E-state index is 11.7. The zero-order chi connectivity index (χ0) is 24.8. The van der Waals surface area contributed by atoms with Gasteiger partial charge in [0.1, 0.15) is 36.7 Å². The summed E-state index contributed by atoms with van der Waals surface area (Å²) in [6.07, 6.45) is 10.1. The summed E-state index contributed by atoms with van der Waals surface area (Å²) in [6, 6.07) is 12.6. The lowest BCUT2D eigenvalue weighted by molar-refractivity contribution is -0.142. The Labute approximate surface area is 214 Å². The van der Waals surface area contributed by atoms with Gasteiger partial charge in [0, 0.05) is 17.9 Å². The molecule has 0 fully saturated rings. The van der Waals surface area contributed by atoms with Gasteiger partial charge in [-0.05, 0) is 41.8 Å². The minimum Gasteiger partial charge on any atom is -0.489 e. The number of allylic oxidation sites excluding steroid dienone is 4. The second kappa shape index (κ2) is 11.5. The molecule has 2 aliphatic rings. The number of ether oxygens (including phenoxy) is 4. The van der Waals surface area contributed by atoms with Gasteiger partial charge in [0.05, 0.1) is 17.2 Å². The molecule has 35 heavy (non-hydrogen) atoms. The molecule has 0 spiro atoms. The van der Waals surface area contributed by atoms with E-state index < -0.39 is 12.0 Å². The molecule has 0 saturated heterocycles. The van der Waals surface area contributed by atoms with Crippen molar-refractivity contribution in [3.05, 3.63) is 111 Å². The Morgan fingerprint density at radius 2 is 1.94 bits per heavy atom. The largest absolute Gasteiger partial charge is 0.489 e. The van der Waals surface area contributed by atoms with Crippen LogP contribution in [0.2, 0.25) is 10.0 Å². The fourth-order valence-corrected chi connectivity index (χ4v) is 4.14. The van der Waals surface area contributed by atoms with Gasteiger partial charge >= 0.3 is 5.97 Å². The van der Waals surface area contributed by atoms with E-state index in [0.29, 0.717) is 28.2 Å². The summed E-state index contributed by atoms with van der Waals surface area (Å²) in [5, 5.41) is 1.02. The van der Waals surface area contributed by atoms with E-state index in [1.54, 1.807) is 18.4 Å². The molecule has 2 atom stereocenters. The normalized spacial score (nSPS) is 17.8. The second-order valence-corrected chi connectivity index (χ2v) is 8.90. The number of halogens is 2. The van der Waals surface area contributed by atoms with Crippen LogP contribution in [0, 0.1) is 0 Å². The molecule has 4 rings (SSSR count). The van der Waals surface area contributed by atoms with Crippen molar-refractivity contribution in [2.24, 2.45) is 5.73 Å². The molecule has 0 bridgehead atoms. The number of carbonyl (C=O) groups is 1. The third-order valence-corrected chi connectivity index (χ3v) is 6.40. The van der Waals surface area contributed by atoms with E-state index in [-0.39, 0.29) is 12.3 Å². The zero-order valence-corrected chi connectivity index (χ0v) is 20.6. The molecule has 0 aromatic heterocycles. The van der Waals surface area contributed by atoms with Crippen LogP contribution in [0.5, 0.6) is 5.75 Å². The van der Waals surface area contributed by atoms with Gasteiger partial charge < -0.3 is 24.7 Å². The van der Waals surface area contributed by atoms with Crippen LogP contribution in [-0.4, -0.2) is 19.1 Å². The standard InChI is InChI=1S/C27H25Cl2NO5/c1-32-27(31)25(30)13-20-15-33-16-26(35-20)22-5-3-2-4-21(22)18-7-9-19(10-8-18)34-14-17-6-11-23(28)24(29)12-17/h2-3,5-12,15-16,21,25H,4,13-14,30H2,1H3/t21-,25+/m1/s1. The first-order valence-electron chi connectivity index (χ1n) is 11.0. The molecule has 0 amide bonds. The highest BCUT2D eigenvalue weighted by Gasteiger charge is 2.26. The Balaban J connectivity index is 1.41.